The minimum atomic E-state index is -4.62. The number of allylic oxidation sites excluding steroid dienone is 1. The lowest BCUT2D eigenvalue weighted by Gasteiger charge is -2.40. The minimum Gasteiger partial charge on any atom is -0.474 e. The van der Waals surface area contributed by atoms with E-state index < -0.39 is 41.4 Å². The van der Waals surface area contributed by atoms with Gasteiger partial charge in [-0.2, -0.15) is 18.2 Å². The van der Waals surface area contributed by atoms with Crippen LogP contribution in [0.4, 0.5) is 18.0 Å². The van der Waals surface area contributed by atoms with Gasteiger partial charge in [0, 0.05) is 65.7 Å². The molecule has 1 saturated heterocycles. The topological polar surface area (TPSA) is 127 Å². The van der Waals surface area contributed by atoms with Crippen LogP contribution < -0.4 is 10.1 Å². The normalized spacial score (nSPS) is 25.5. The molecular weight excluding hydrogens is 682 g/mol. The molecule has 11 nitrogen and oxygen atoms in total. The first-order valence-corrected chi connectivity index (χ1v) is 17.7. The number of methoxy groups -OCH3 is 1. The number of fused-ring (bicyclic) bond motifs is 2. The number of carbonyl (C=O) groups is 3. The Bertz CT molecular complexity index is 1780. The zero-order valence-corrected chi connectivity index (χ0v) is 29.1. The van der Waals surface area contributed by atoms with E-state index in [4.69, 9.17) is 9.47 Å². The van der Waals surface area contributed by atoms with Crippen molar-refractivity contribution in [1.82, 2.24) is 30.1 Å². The summed E-state index contributed by atoms with van der Waals surface area (Å²) in [7, 11) is 2.98. The van der Waals surface area contributed by atoms with Gasteiger partial charge in [0.2, 0.25) is 11.8 Å². The Morgan fingerprint density at radius 3 is 2.61 bits per heavy atom. The van der Waals surface area contributed by atoms with Gasteiger partial charge in [-0.15, -0.1) is 22.7 Å². The Morgan fingerprint density at radius 1 is 1.12 bits per heavy atom. The fourth-order valence-electron chi connectivity index (χ4n) is 6.42. The lowest BCUT2D eigenvalue weighted by molar-refractivity contribution is -0.147. The standard InChI is InChI=1S/C33H37F3N6O5S2/c1-18-13-22(19(2)49-18)23-15-26(39-27(37-23)29-38-25(17-48-29)33(34,35)36)47-21-10-12-42-24(14-21)28(43)40-32(30(44)46-4)16-20(32)9-7-5-6-8-11-41(3)31(42)45/h7,9,13,15,17,20-21,24H,5-6,8,10-12,14,16H2,1-4H3,(H,40,43)/b9-7-/t20-,21-,24-,32+/m0/s1. The van der Waals surface area contributed by atoms with Gasteiger partial charge >= 0.3 is 18.2 Å². The molecule has 3 aliphatic rings. The van der Waals surface area contributed by atoms with Crippen molar-refractivity contribution in [3.63, 3.8) is 0 Å². The molecule has 4 atom stereocenters. The number of ether oxygens (including phenoxy) is 2. The molecular formula is C33H37F3N6O5S2. The number of aromatic nitrogens is 3. The van der Waals surface area contributed by atoms with Crippen LogP contribution in [0.25, 0.3) is 22.1 Å². The van der Waals surface area contributed by atoms with E-state index in [0.29, 0.717) is 25.1 Å². The molecule has 0 radical (unpaired) electrons. The van der Waals surface area contributed by atoms with Gasteiger partial charge < -0.3 is 24.6 Å². The zero-order valence-electron chi connectivity index (χ0n) is 27.5. The van der Waals surface area contributed by atoms with E-state index in [1.165, 1.54) is 12.0 Å². The summed E-state index contributed by atoms with van der Waals surface area (Å²) < 4.78 is 51.7. The van der Waals surface area contributed by atoms with Gasteiger partial charge in [0.1, 0.15) is 17.7 Å². The highest BCUT2D eigenvalue weighted by atomic mass is 32.1. The summed E-state index contributed by atoms with van der Waals surface area (Å²) in [5.41, 5.74) is -0.995. The number of nitrogens with one attached hydrogen (secondary N) is 1. The molecule has 49 heavy (non-hydrogen) atoms. The van der Waals surface area contributed by atoms with E-state index in [9.17, 15) is 27.6 Å². The van der Waals surface area contributed by atoms with Crippen LogP contribution in [0.2, 0.25) is 0 Å². The molecule has 0 bridgehead atoms. The van der Waals surface area contributed by atoms with Gasteiger partial charge in [-0.3, -0.25) is 4.79 Å². The van der Waals surface area contributed by atoms with Gasteiger partial charge in [0.15, 0.2) is 16.5 Å². The highest BCUT2D eigenvalue weighted by molar-refractivity contribution is 7.13. The average Bonchev–Trinajstić information content (AvgIpc) is 3.34. The van der Waals surface area contributed by atoms with Crippen molar-refractivity contribution in [2.75, 3.05) is 27.2 Å². The summed E-state index contributed by atoms with van der Waals surface area (Å²) >= 11 is 2.34. The monoisotopic (exact) mass is 718 g/mol. The number of aryl methyl sites for hydroxylation is 2. The van der Waals surface area contributed by atoms with Crippen molar-refractivity contribution in [2.24, 2.45) is 5.92 Å². The maximum absolute atomic E-state index is 14.0. The first-order chi connectivity index (χ1) is 23.3. The molecule has 0 aromatic carbocycles. The molecule has 1 saturated carbocycles. The molecule has 0 unspecified atom stereocenters. The molecule has 3 amide bonds. The van der Waals surface area contributed by atoms with Crippen LogP contribution in [0, 0.1) is 19.8 Å². The molecule has 5 heterocycles. The number of alkyl halides is 3. The first-order valence-electron chi connectivity index (χ1n) is 16.0. The fraction of sp³-hybridized carbons (Fsp3) is 0.515. The summed E-state index contributed by atoms with van der Waals surface area (Å²) in [5, 5.41) is 3.82. The van der Waals surface area contributed by atoms with Crippen molar-refractivity contribution < 1.29 is 37.0 Å². The molecule has 16 heteroatoms. The van der Waals surface area contributed by atoms with E-state index >= 15 is 0 Å². The predicted molar refractivity (Wildman–Crippen MR) is 177 cm³/mol. The number of rotatable bonds is 5. The van der Waals surface area contributed by atoms with E-state index in [2.05, 4.69) is 20.3 Å². The quantitative estimate of drug-likeness (QED) is 0.251. The molecule has 2 fully saturated rings. The number of thiophene rings is 1. The third-order valence-corrected chi connectivity index (χ3v) is 10.9. The fourth-order valence-corrected chi connectivity index (χ4v) is 8.11. The number of piperidine rings is 1. The van der Waals surface area contributed by atoms with Crippen LogP contribution in [0.3, 0.4) is 0 Å². The van der Waals surface area contributed by atoms with Gasteiger partial charge in [-0.1, -0.05) is 12.2 Å². The second kappa shape index (κ2) is 13.7. The number of nitrogens with zero attached hydrogens (tertiary/aromatic N) is 5. The van der Waals surface area contributed by atoms with Crippen molar-refractivity contribution in [1.29, 1.82) is 0 Å². The summed E-state index contributed by atoms with van der Waals surface area (Å²) in [6, 6.07) is 2.29. The van der Waals surface area contributed by atoms with E-state index in [1.54, 1.807) is 29.4 Å². The van der Waals surface area contributed by atoms with Gasteiger partial charge in [0.05, 0.1) is 12.8 Å². The van der Waals surface area contributed by atoms with Gasteiger partial charge in [-0.05, 0) is 45.6 Å². The Labute approximate surface area is 289 Å². The lowest BCUT2D eigenvalue weighted by atomic mass is 9.98. The van der Waals surface area contributed by atoms with Crippen LogP contribution in [-0.4, -0.2) is 87.6 Å². The number of halogens is 3. The first kappa shape index (κ1) is 34.8. The van der Waals surface area contributed by atoms with E-state index in [-0.39, 0.29) is 41.6 Å². The number of hydrogen-bond donors (Lipinski definition) is 1. The molecule has 0 spiro atoms. The Kier molecular flexibility index (Phi) is 9.72. The molecule has 2 aliphatic heterocycles. The smallest absolute Gasteiger partial charge is 0.434 e. The van der Waals surface area contributed by atoms with Gasteiger partial charge in [-0.25, -0.2) is 19.6 Å². The summed E-state index contributed by atoms with van der Waals surface area (Å²) in [5.74, 6) is -1.18. The zero-order chi connectivity index (χ0) is 35.1. The van der Waals surface area contributed by atoms with Crippen LogP contribution >= 0.6 is 22.7 Å². The highest BCUT2D eigenvalue weighted by Crippen LogP contribution is 2.46. The Hall–Kier alpha value is -4.05. The van der Waals surface area contributed by atoms with Crippen LogP contribution in [-0.2, 0) is 20.5 Å². The second-order valence-corrected chi connectivity index (χ2v) is 15.0. The minimum absolute atomic E-state index is 0.0151. The predicted octanol–water partition coefficient (Wildman–Crippen LogP) is 6.02. The number of hydrogen-bond acceptors (Lipinski definition) is 10. The van der Waals surface area contributed by atoms with Crippen LogP contribution in [0.15, 0.2) is 29.7 Å². The third kappa shape index (κ3) is 7.30. The number of carbonyl (C=O) groups excluding carboxylic acids is 3. The lowest BCUT2D eigenvalue weighted by Crippen LogP contribution is -2.60. The average molecular weight is 719 g/mol. The van der Waals surface area contributed by atoms with Crippen LogP contribution in [0.5, 0.6) is 5.88 Å². The molecule has 262 valence electrons. The number of urea groups is 1. The third-order valence-electron chi connectivity index (χ3n) is 9.12. The largest absolute Gasteiger partial charge is 0.474 e. The van der Waals surface area contributed by atoms with E-state index in [1.807, 2.05) is 32.1 Å². The van der Waals surface area contributed by atoms with Crippen molar-refractivity contribution in [3.05, 3.63) is 45.1 Å². The Morgan fingerprint density at radius 2 is 1.92 bits per heavy atom. The maximum Gasteiger partial charge on any atom is 0.434 e. The second-order valence-electron chi connectivity index (χ2n) is 12.6. The number of amides is 3. The molecule has 3 aromatic heterocycles. The van der Waals surface area contributed by atoms with Gasteiger partial charge in [0.25, 0.3) is 0 Å². The summed E-state index contributed by atoms with van der Waals surface area (Å²) in [6.07, 6.45) is 2.00. The number of thiazole rings is 1. The SMILES string of the molecule is COC(=O)[C@@]12C[C@@H]1/C=C\CCCCN(C)C(=O)N1CC[C@H](Oc3cc(-c4cc(C)sc4C)nc(-c4nc(C(F)(F)F)cs4)n3)C[C@H]1C(=O)N2. The molecule has 6 rings (SSSR count). The highest BCUT2D eigenvalue weighted by Gasteiger charge is 2.62. The van der Waals surface area contributed by atoms with E-state index in [0.717, 1.165) is 51.3 Å². The van der Waals surface area contributed by atoms with Crippen molar-refractivity contribution in [3.8, 4) is 28.0 Å². The molecule has 1 N–H and O–H groups in total. The molecule has 3 aromatic rings. The van der Waals surface area contributed by atoms with Crippen molar-refractivity contribution in [2.45, 2.75) is 76.2 Å². The summed E-state index contributed by atoms with van der Waals surface area (Å²) in [4.78, 5) is 58.5. The van der Waals surface area contributed by atoms with Crippen LogP contribution in [0.1, 0.15) is 54.0 Å². The molecule has 1 aliphatic carbocycles. The number of esters is 1. The Balaban J connectivity index is 1.31. The van der Waals surface area contributed by atoms with Crippen molar-refractivity contribution >= 4 is 40.6 Å². The maximum atomic E-state index is 14.0. The summed E-state index contributed by atoms with van der Waals surface area (Å²) in [6.45, 7) is 4.59.